The average Bonchev–Trinajstić information content (AvgIpc) is 3.06. The molecule has 1 fully saturated rings. The second-order valence-corrected chi connectivity index (χ2v) is 7.38. The lowest BCUT2D eigenvalue weighted by Crippen LogP contribution is -2.46. The van der Waals surface area contributed by atoms with Crippen LogP contribution in [-0.2, 0) is 19.6 Å². The van der Waals surface area contributed by atoms with Crippen molar-refractivity contribution >= 4 is 33.2 Å². The zero-order chi connectivity index (χ0) is 14.8. The van der Waals surface area contributed by atoms with Gasteiger partial charge in [-0.15, -0.1) is 11.3 Å². The maximum Gasteiger partial charge on any atom is 0.322 e. The monoisotopic (exact) mass is 318 g/mol. The van der Waals surface area contributed by atoms with E-state index in [0.717, 1.165) is 15.6 Å². The number of amides is 1. The molecule has 2 rings (SSSR count). The van der Waals surface area contributed by atoms with Gasteiger partial charge >= 0.3 is 5.97 Å². The molecule has 0 radical (unpaired) electrons. The van der Waals surface area contributed by atoms with Crippen LogP contribution >= 0.6 is 11.3 Å². The van der Waals surface area contributed by atoms with Crippen molar-refractivity contribution < 1.29 is 23.1 Å². The Morgan fingerprint density at radius 2 is 2.25 bits per heavy atom. The number of nitrogens with one attached hydrogen (secondary N) is 1. The first-order chi connectivity index (χ1) is 9.43. The Morgan fingerprint density at radius 3 is 2.85 bits per heavy atom. The van der Waals surface area contributed by atoms with Gasteiger partial charge < -0.3 is 10.4 Å². The Bertz CT molecular complexity index is 596. The van der Waals surface area contributed by atoms with Crippen molar-refractivity contribution in [2.45, 2.75) is 23.1 Å². The normalized spacial score (nSPS) is 19.9. The zero-order valence-corrected chi connectivity index (χ0v) is 12.1. The number of hydrogen-bond acceptors (Lipinski definition) is 5. The number of rotatable bonds is 5. The molecule has 0 aliphatic carbocycles. The molecule has 110 valence electrons. The highest BCUT2D eigenvalue weighted by molar-refractivity contribution is 7.91. The van der Waals surface area contributed by atoms with Gasteiger partial charge in [0.25, 0.3) is 10.0 Å². The van der Waals surface area contributed by atoms with Crippen LogP contribution in [0.3, 0.4) is 0 Å². The Labute approximate surface area is 120 Å². The van der Waals surface area contributed by atoms with E-state index < -0.39 is 34.5 Å². The minimum Gasteiger partial charge on any atom is -0.480 e. The molecule has 1 aliphatic rings. The van der Waals surface area contributed by atoms with E-state index in [1.807, 2.05) is 0 Å². The molecule has 1 unspecified atom stereocenters. The fourth-order valence-corrected chi connectivity index (χ4v) is 4.87. The molecule has 1 amide bonds. The van der Waals surface area contributed by atoms with E-state index in [1.165, 1.54) is 6.07 Å². The van der Waals surface area contributed by atoms with Gasteiger partial charge in [-0.1, -0.05) is 6.07 Å². The van der Waals surface area contributed by atoms with Crippen molar-refractivity contribution in [1.82, 2.24) is 9.62 Å². The van der Waals surface area contributed by atoms with Crippen molar-refractivity contribution in [3.8, 4) is 0 Å². The topological polar surface area (TPSA) is 104 Å². The molecule has 1 atom stereocenters. The quantitative estimate of drug-likeness (QED) is 0.801. The van der Waals surface area contributed by atoms with Crippen LogP contribution in [0.25, 0.3) is 0 Å². The second kappa shape index (κ2) is 5.90. The average molecular weight is 318 g/mol. The zero-order valence-electron chi connectivity index (χ0n) is 10.5. The minimum absolute atomic E-state index is 0.190. The van der Waals surface area contributed by atoms with Crippen LogP contribution in [0.1, 0.15) is 12.8 Å². The maximum atomic E-state index is 12.4. The fraction of sp³-hybridized carbons (Fsp3) is 0.455. The van der Waals surface area contributed by atoms with Gasteiger partial charge in [-0.05, 0) is 24.3 Å². The highest BCUT2D eigenvalue weighted by Crippen LogP contribution is 2.28. The number of aliphatic carboxylic acids is 1. The molecular formula is C11H14N2O5S2. The summed E-state index contributed by atoms with van der Waals surface area (Å²) in [5.41, 5.74) is 0. The van der Waals surface area contributed by atoms with Crippen LogP contribution < -0.4 is 5.32 Å². The van der Waals surface area contributed by atoms with Crippen molar-refractivity contribution in [3.63, 3.8) is 0 Å². The smallest absolute Gasteiger partial charge is 0.322 e. The number of carbonyl (C=O) groups is 2. The summed E-state index contributed by atoms with van der Waals surface area (Å²) in [5.74, 6) is -1.73. The maximum absolute atomic E-state index is 12.4. The number of nitrogens with zero attached hydrogens (tertiary/aromatic N) is 1. The van der Waals surface area contributed by atoms with Crippen LogP contribution in [0.4, 0.5) is 0 Å². The number of carbonyl (C=O) groups excluding carboxylic acids is 1. The Hall–Kier alpha value is -1.45. The van der Waals surface area contributed by atoms with Gasteiger partial charge in [-0.2, -0.15) is 4.31 Å². The largest absolute Gasteiger partial charge is 0.480 e. The summed E-state index contributed by atoms with van der Waals surface area (Å²) < 4.78 is 26.1. The lowest BCUT2D eigenvalue weighted by atomic mass is 10.2. The van der Waals surface area contributed by atoms with Gasteiger partial charge in [0.2, 0.25) is 5.91 Å². The van der Waals surface area contributed by atoms with E-state index >= 15 is 0 Å². The van der Waals surface area contributed by atoms with E-state index in [2.05, 4.69) is 5.32 Å². The highest BCUT2D eigenvalue weighted by atomic mass is 32.2. The highest BCUT2D eigenvalue weighted by Gasteiger charge is 2.39. The fourth-order valence-electron chi connectivity index (χ4n) is 2.10. The van der Waals surface area contributed by atoms with Crippen LogP contribution in [0.15, 0.2) is 21.7 Å². The van der Waals surface area contributed by atoms with Crippen molar-refractivity contribution in [2.75, 3.05) is 13.1 Å². The van der Waals surface area contributed by atoms with Crippen LogP contribution in [0.2, 0.25) is 0 Å². The molecule has 0 spiro atoms. The molecule has 2 heterocycles. The summed E-state index contributed by atoms with van der Waals surface area (Å²) >= 11 is 1.09. The summed E-state index contributed by atoms with van der Waals surface area (Å²) in [6, 6.07) is 2.29. The number of carboxylic acid groups (broad SMARTS) is 1. The Morgan fingerprint density at radius 1 is 1.50 bits per heavy atom. The summed E-state index contributed by atoms with van der Waals surface area (Å²) in [6.45, 7) is -0.242. The van der Waals surface area contributed by atoms with Crippen LogP contribution in [0.5, 0.6) is 0 Å². The van der Waals surface area contributed by atoms with Crippen molar-refractivity contribution in [3.05, 3.63) is 17.5 Å². The third kappa shape index (κ3) is 3.00. The van der Waals surface area contributed by atoms with Gasteiger partial charge in [0, 0.05) is 6.54 Å². The summed E-state index contributed by atoms with van der Waals surface area (Å²) in [7, 11) is -3.68. The molecule has 0 bridgehead atoms. The van der Waals surface area contributed by atoms with E-state index in [0.29, 0.717) is 12.8 Å². The molecule has 0 saturated carbocycles. The first-order valence-corrected chi connectivity index (χ1v) is 8.30. The van der Waals surface area contributed by atoms with Gasteiger partial charge in [0.1, 0.15) is 16.8 Å². The molecule has 20 heavy (non-hydrogen) atoms. The van der Waals surface area contributed by atoms with Crippen LogP contribution in [0, 0.1) is 0 Å². The molecular weight excluding hydrogens is 304 g/mol. The summed E-state index contributed by atoms with van der Waals surface area (Å²) in [4.78, 5) is 22.3. The first kappa shape index (κ1) is 14.9. The molecule has 1 aromatic heterocycles. The summed E-state index contributed by atoms with van der Waals surface area (Å²) in [6.07, 6.45) is 0.978. The third-order valence-electron chi connectivity index (χ3n) is 2.98. The molecule has 0 aromatic carbocycles. The lowest BCUT2D eigenvalue weighted by molar-refractivity contribution is -0.138. The molecule has 2 N–H and O–H groups in total. The minimum atomic E-state index is -3.68. The molecule has 1 aliphatic heterocycles. The van der Waals surface area contributed by atoms with E-state index in [-0.39, 0.29) is 10.8 Å². The van der Waals surface area contributed by atoms with Crippen LogP contribution in [-0.4, -0.2) is 48.8 Å². The van der Waals surface area contributed by atoms with Crippen molar-refractivity contribution in [1.29, 1.82) is 0 Å². The van der Waals surface area contributed by atoms with Gasteiger partial charge in [-0.25, -0.2) is 8.42 Å². The van der Waals surface area contributed by atoms with Gasteiger partial charge in [-0.3, -0.25) is 9.59 Å². The van der Waals surface area contributed by atoms with E-state index in [1.54, 1.807) is 11.4 Å². The Kier molecular flexibility index (Phi) is 4.41. The SMILES string of the molecule is O=C(O)CNC(=O)C1CCCN1S(=O)(=O)c1cccs1. The molecule has 9 heteroatoms. The number of carboxylic acids is 1. The second-order valence-electron chi connectivity index (χ2n) is 4.32. The predicted octanol–water partition coefficient (Wildman–Crippen LogP) is 0.102. The summed E-state index contributed by atoms with van der Waals surface area (Å²) in [5, 5.41) is 12.4. The number of thiophene rings is 1. The van der Waals surface area contributed by atoms with E-state index in [9.17, 15) is 18.0 Å². The van der Waals surface area contributed by atoms with Crippen molar-refractivity contribution in [2.24, 2.45) is 0 Å². The molecule has 1 saturated heterocycles. The standard InChI is InChI=1S/C11H14N2O5S2/c14-9(15)7-12-11(16)8-3-1-5-13(8)20(17,18)10-4-2-6-19-10/h2,4,6,8H,1,3,5,7H2,(H,12,16)(H,14,15). The third-order valence-corrected chi connectivity index (χ3v) is 6.26. The number of sulfonamides is 1. The van der Waals surface area contributed by atoms with Gasteiger partial charge in [0.15, 0.2) is 0 Å². The molecule has 7 nitrogen and oxygen atoms in total. The Balaban J connectivity index is 2.15. The van der Waals surface area contributed by atoms with E-state index in [4.69, 9.17) is 5.11 Å². The van der Waals surface area contributed by atoms with Gasteiger partial charge in [0.05, 0.1) is 0 Å². The molecule has 1 aromatic rings. The first-order valence-electron chi connectivity index (χ1n) is 5.98. The lowest BCUT2D eigenvalue weighted by Gasteiger charge is -2.22. The number of hydrogen-bond donors (Lipinski definition) is 2. The predicted molar refractivity (Wildman–Crippen MR) is 71.9 cm³/mol.